The molecule has 1 heterocycles. The molecule has 1 aliphatic heterocycles. The Morgan fingerprint density at radius 3 is 2.95 bits per heavy atom. The second kappa shape index (κ2) is 6.66. The molecule has 1 aromatic carbocycles. The zero-order valence-corrected chi connectivity index (χ0v) is 11.8. The number of rotatable bonds is 3. The van der Waals surface area contributed by atoms with Crippen molar-refractivity contribution in [1.82, 2.24) is 4.90 Å². The van der Waals surface area contributed by atoms with Crippen LogP contribution in [0.1, 0.15) is 25.3 Å². The molecule has 1 aromatic rings. The van der Waals surface area contributed by atoms with Crippen LogP contribution in [0.4, 0.5) is 4.39 Å². The smallest absolute Gasteiger partial charge is 0.246 e. The normalized spacial score (nSPS) is 21.1. The molecule has 3 nitrogen and oxygen atoms in total. The first kappa shape index (κ1) is 14.7. The Morgan fingerprint density at radius 1 is 1.50 bits per heavy atom. The highest BCUT2D eigenvalue weighted by Gasteiger charge is 2.24. The molecule has 0 aromatic heterocycles. The molecule has 0 radical (unpaired) electrons. The van der Waals surface area contributed by atoms with Crippen molar-refractivity contribution in [1.29, 1.82) is 0 Å². The fourth-order valence-corrected chi connectivity index (χ4v) is 2.52. The number of carbonyl (C=O) groups is 1. The van der Waals surface area contributed by atoms with Gasteiger partial charge in [0.05, 0.1) is 0 Å². The third-order valence-electron chi connectivity index (χ3n) is 3.82. The Kier molecular flexibility index (Phi) is 4.90. The lowest BCUT2D eigenvalue weighted by Crippen LogP contribution is -2.44. The van der Waals surface area contributed by atoms with Crippen molar-refractivity contribution in [3.63, 3.8) is 0 Å². The number of piperidine rings is 1. The van der Waals surface area contributed by atoms with Crippen molar-refractivity contribution in [3.8, 4) is 0 Å². The Morgan fingerprint density at radius 2 is 2.25 bits per heavy atom. The average Bonchev–Trinajstić information content (AvgIpc) is 2.46. The third kappa shape index (κ3) is 3.67. The SMILES string of the molecule is CC(N)C1CCCN(C(=O)/C=C/c2ccccc2F)C1. The van der Waals surface area contributed by atoms with Gasteiger partial charge in [-0.2, -0.15) is 0 Å². The first-order valence-electron chi connectivity index (χ1n) is 7.05. The van der Waals surface area contributed by atoms with Crippen molar-refractivity contribution in [2.24, 2.45) is 11.7 Å². The molecule has 4 heteroatoms. The molecular weight excluding hydrogens is 255 g/mol. The zero-order chi connectivity index (χ0) is 14.5. The molecule has 2 N–H and O–H groups in total. The molecule has 2 rings (SSSR count). The topological polar surface area (TPSA) is 46.3 Å². The van der Waals surface area contributed by atoms with E-state index in [1.165, 1.54) is 18.2 Å². The van der Waals surface area contributed by atoms with Crippen molar-refractivity contribution >= 4 is 12.0 Å². The largest absolute Gasteiger partial charge is 0.339 e. The second-order valence-electron chi connectivity index (χ2n) is 5.40. The molecule has 2 unspecified atom stereocenters. The van der Waals surface area contributed by atoms with Gasteiger partial charge in [0.15, 0.2) is 0 Å². The van der Waals surface area contributed by atoms with Gasteiger partial charge >= 0.3 is 0 Å². The van der Waals surface area contributed by atoms with E-state index in [1.54, 1.807) is 23.1 Å². The lowest BCUT2D eigenvalue weighted by atomic mass is 9.92. The van der Waals surface area contributed by atoms with E-state index in [-0.39, 0.29) is 17.8 Å². The van der Waals surface area contributed by atoms with Crippen LogP contribution in [-0.4, -0.2) is 29.9 Å². The molecule has 1 fully saturated rings. The number of benzene rings is 1. The number of carbonyl (C=O) groups excluding carboxylic acids is 1. The van der Waals surface area contributed by atoms with Crippen LogP contribution in [0.3, 0.4) is 0 Å². The summed E-state index contributed by atoms with van der Waals surface area (Å²) in [4.78, 5) is 13.9. The number of nitrogens with zero attached hydrogens (tertiary/aromatic N) is 1. The zero-order valence-electron chi connectivity index (χ0n) is 11.8. The van der Waals surface area contributed by atoms with Crippen LogP contribution in [-0.2, 0) is 4.79 Å². The number of amides is 1. The maximum Gasteiger partial charge on any atom is 0.246 e. The first-order valence-corrected chi connectivity index (χ1v) is 7.05. The third-order valence-corrected chi connectivity index (χ3v) is 3.82. The van der Waals surface area contributed by atoms with Gasteiger partial charge in [0.25, 0.3) is 0 Å². The van der Waals surface area contributed by atoms with E-state index in [1.807, 2.05) is 6.92 Å². The molecular formula is C16H21FN2O. The first-order chi connectivity index (χ1) is 9.58. The van der Waals surface area contributed by atoms with Gasteiger partial charge in [-0.3, -0.25) is 4.79 Å². The molecule has 0 saturated carbocycles. The van der Waals surface area contributed by atoms with Gasteiger partial charge in [-0.1, -0.05) is 18.2 Å². The van der Waals surface area contributed by atoms with Crippen molar-refractivity contribution < 1.29 is 9.18 Å². The second-order valence-corrected chi connectivity index (χ2v) is 5.40. The standard InChI is InChI=1S/C16H21FN2O/c1-12(18)14-6-4-10-19(11-14)16(20)9-8-13-5-2-3-7-15(13)17/h2-3,5,7-9,12,14H,4,6,10-11,18H2,1H3/b9-8+. The van der Waals surface area contributed by atoms with Gasteiger partial charge in [0.1, 0.15) is 5.82 Å². The van der Waals surface area contributed by atoms with E-state index in [9.17, 15) is 9.18 Å². The van der Waals surface area contributed by atoms with Crippen LogP contribution in [0.25, 0.3) is 6.08 Å². The maximum absolute atomic E-state index is 13.5. The van der Waals surface area contributed by atoms with E-state index in [0.29, 0.717) is 18.0 Å². The Balaban J connectivity index is 1.99. The van der Waals surface area contributed by atoms with Crippen LogP contribution in [0.5, 0.6) is 0 Å². The summed E-state index contributed by atoms with van der Waals surface area (Å²) in [5.74, 6) is -0.0307. The summed E-state index contributed by atoms with van der Waals surface area (Å²) in [5.41, 5.74) is 6.34. The van der Waals surface area contributed by atoms with E-state index in [2.05, 4.69) is 0 Å². The lowest BCUT2D eigenvalue weighted by Gasteiger charge is -2.34. The molecule has 0 spiro atoms. The van der Waals surface area contributed by atoms with Gasteiger partial charge in [0, 0.05) is 30.8 Å². The lowest BCUT2D eigenvalue weighted by molar-refractivity contribution is -0.127. The molecule has 2 atom stereocenters. The number of hydrogen-bond acceptors (Lipinski definition) is 2. The van der Waals surface area contributed by atoms with Crippen molar-refractivity contribution in [3.05, 3.63) is 41.7 Å². The Labute approximate surface area is 119 Å². The van der Waals surface area contributed by atoms with Gasteiger partial charge < -0.3 is 10.6 Å². The molecule has 20 heavy (non-hydrogen) atoms. The minimum Gasteiger partial charge on any atom is -0.339 e. The summed E-state index contributed by atoms with van der Waals surface area (Å²) in [6.07, 6.45) is 5.03. The predicted molar refractivity (Wildman–Crippen MR) is 78.4 cm³/mol. The van der Waals surface area contributed by atoms with Crippen LogP contribution >= 0.6 is 0 Å². The van der Waals surface area contributed by atoms with Crippen LogP contribution in [0.15, 0.2) is 30.3 Å². The highest BCUT2D eigenvalue weighted by atomic mass is 19.1. The highest BCUT2D eigenvalue weighted by Crippen LogP contribution is 2.19. The maximum atomic E-state index is 13.5. The molecule has 108 valence electrons. The van der Waals surface area contributed by atoms with E-state index < -0.39 is 0 Å². The fourth-order valence-electron chi connectivity index (χ4n) is 2.52. The average molecular weight is 276 g/mol. The fraction of sp³-hybridized carbons (Fsp3) is 0.438. The quantitative estimate of drug-likeness (QED) is 0.862. The molecule has 1 aliphatic rings. The summed E-state index contributed by atoms with van der Waals surface area (Å²) in [7, 11) is 0. The van der Waals surface area contributed by atoms with Crippen molar-refractivity contribution in [2.45, 2.75) is 25.8 Å². The van der Waals surface area contributed by atoms with E-state index in [0.717, 1.165) is 19.4 Å². The summed E-state index contributed by atoms with van der Waals surface area (Å²) in [6, 6.07) is 6.52. The number of halogens is 1. The summed E-state index contributed by atoms with van der Waals surface area (Å²) in [5, 5.41) is 0. The molecule has 1 amide bonds. The van der Waals surface area contributed by atoms with Gasteiger partial charge in [-0.25, -0.2) is 4.39 Å². The highest BCUT2D eigenvalue weighted by molar-refractivity contribution is 5.91. The summed E-state index contributed by atoms with van der Waals surface area (Å²) < 4.78 is 13.5. The van der Waals surface area contributed by atoms with E-state index >= 15 is 0 Å². The Bertz CT molecular complexity index is 499. The van der Waals surface area contributed by atoms with Gasteiger partial charge in [-0.15, -0.1) is 0 Å². The molecule has 0 bridgehead atoms. The minimum absolute atomic E-state index is 0.0707. The summed E-state index contributed by atoms with van der Waals surface area (Å²) >= 11 is 0. The van der Waals surface area contributed by atoms with Crippen LogP contribution in [0.2, 0.25) is 0 Å². The number of likely N-dealkylation sites (tertiary alicyclic amines) is 1. The van der Waals surface area contributed by atoms with Crippen LogP contribution < -0.4 is 5.73 Å². The van der Waals surface area contributed by atoms with Gasteiger partial charge in [-0.05, 0) is 37.8 Å². The number of hydrogen-bond donors (Lipinski definition) is 1. The number of nitrogens with two attached hydrogens (primary N) is 1. The molecule has 0 aliphatic carbocycles. The monoisotopic (exact) mass is 276 g/mol. The Hall–Kier alpha value is -1.68. The van der Waals surface area contributed by atoms with Gasteiger partial charge in [0.2, 0.25) is 5.91 Å². The van der Waals surface area contributed by atoms with E-state index in [4.69, 9.17) is 5.73 Å². The van der Waals surface area contributed by atoms with Crippen molar-refractivity contribution in [2.75, 3.05) is 13.1 Å². The summed E-state index contributed by atoms with van der Waals surface area (Å²) in [6.45, 7) is 3.43. The predicted octanol–water partition coefficient (Wildman–Crippen LogP) is 2.42. The van der Waals surface area contributed by atoms with Crippen LogP contribution in [0, 0.1) is 11.7 Å². The minimum atomic E-state index is -0.316. The molecule has 1 saturated heterocycles.